The Balaban J connectivity index is 1.50. The highest BCUT2D eigenvalue weighted by molar-refractivity contribution is 5.77. The lowest BCUT2D eigenvalue weighted by Crippen LogP contribution is -2.34. The molecule has 0 unspecified atom stereocenters. The minimum absolute atomic E-state index is 0.215. The van der Waals surface area contributed by atoms with Gasteiger partial charge < -0.3 is 0 Å². The lowest BCUT2D eigenvalue weighted by atomic mass is 9.53. The van der Waals surface area contributed by atoms with E-state index in [0.717, 1.165) is 0 Å². The lowest BCUT2D eigenvalue weighted by molar-refractivity contribution is 0.688. The Morgan fingerprint density at radius 3 is 1.22 bits per heavy atom. The second-order valence-electron chi connectivity index (χ2n) is 9.74. The van der Waals surface area contributed by atoms with Crippen LogP contribution in [0, 0.1) is 0 Å². The summed E-state index contributed by atoms with van der Waals surface area (Å²) in [7, 11) is 0. The second kappa shape index (κ2) is 5.58. The molecular weight excluding hydrogens is 384 g/mol. The first-order chi connectivity index (χ1) is 15.8. The Morgan fingerprint density at radius 2 is 0.688 bits per heavy atom. The van der Waals surface area contributed by atoms with Gasteiger partial charge in [0.1, 0.15) is 0 Å². The summed E-state index contributed by atoms with van der Waals surface area (Å²) < 4.78 is 0. The Labute approximate surface area is 188 Å². The Morgan fingerprint density at radius 1 is 0.344 bits per heavy atom. The molecule has 0 radical (unpaired) electrons. The molecule has 10 rings (SSSR count). The maximum Gasteiger partial charge on any atom is 0.0352 e. The molecule has 4 aromatic carbocycles. The van der Waals surface area contributed by atoms with Crippen molar-refractivity contribution in [2.75, 3.05) is 0 Å². The molecule has 0 saturated heterocycles. The molecule has 6 aliphatic rings. The van der Waals surface area contributed by atoms with Crippen molar-refractivity contribution in [2.24, 2.45) is 0 Å². The standard InChI is InChI=1S/C32H22/c1-17-18(2)28-20-10-4-3-9-19(20)27(17)25-15-16-26-29-21-11-5-7-13-23(21)30(32(26)31(25)28)24-14-8-6-12-22(24)29/h3-16,27-30H,1-2H2/t27-,28+,29?,30?/m1/s1. The zero-order chi connectivity index (χ0) is 21.1. The number of fused-ring (bicyclic) bond motifs is 1. The summed E-state index contributed by atoms with van der Waals surface area (Å²) in [6.07, 6.45) is 0. The monoisotopic (exact) mass is 406 g/mol. The van der Waals surface area contributed by atoms with Gasteiger partial charge in [-0.15, -0.1) is 0 Å². The van der Waals surface area contributed by atoms with Crippen LogP contribution < -0.4 is 0 Å². The third-order valence-corrected chi connectivity index (χ3v) is 8.52. The Kier molecular flexibility index (Phi) is 2.96. The summed E-state index contributed by atoms with van der Waals surface area (Å²) >= 11 is 0. The van der Waals surface area contributed by atoms with Crippen molar-refractivity contribution in [1.29, 1.82) is 0 Å². The van der Waals surface area contributed by atoms with Crippen LogP contribution in [0.4, 0.5) is 0 Å². The third-order valence-electron chi connectivity index (χ3n) is 8.52. The van der Waals surface area contributed by atoms with Gasteiger partial charge in [0.25, 0.3) is 0 Å². The quantitative estimate of drug-likeness (QED) is 0.247. The molecule has 0 heterocycles. The first-order valence-electron chi connectivity index (χ1n) is 11.6. The van der Waals surface area contributed by atoms with Crippen LogP contribution in [0.15, 0.2) is 109 Å². The van der Waals surface area contributed by atoms with E-state index in [9.17, 15) is 0 Å². The van der Waals surface area contributed by atoms with E-state index in [4.69, 9.17) is 0 Å². The largest absolute Gasteiger partial charge is 0.0946 e. The van der Waals surface area contributed by atoms with Crippen LogP contribution in [0.3, 0.4) is 0 Å². The van der Waals surface area contributed by atoms with Crippen LogP contribution in [-0.2, 0) is 0 Å². The number of benzene rings is 4. The average Bonchev–Trinajstić information content (AvgIpc) is 2.85. The van der Waals surface area contributed by atoms with E-state index < -0.39 is 0 Å². The van der Waals surface area contributed by atoms with Gasteiger partial charge in [0.15, 0.2) is 0 Å². The van der Waals surface area contributed by atoms with Crippen molar-refractivity contribution in [3.8, 4) is 0 Å². The summed E-state index contributed by atoms with van der Waals surface area (Å²) in [5.74, 6) is 1.06. The highest BCUT2D eigenvalue weighted by Gasteiger charge is 2.48. The molecule has 6 aliphatic carbocycles. The average molecular weight is 407 g/mol. The van der Waals surface area contributed by atoms with E-state index in [0.29, 0.717) is 11.8 Å². The fourth-order valence-corrected chi connectivity index (χ4v) is 7.34. The normalized spacial score (nSPS) is 25.0. The van der Waals surface area contributed by atoms with E-state index in [-0.39, 0.29) is 11.8 Å². The minimum Gasteiger partial charge on any atom is -0.0946 e. The highest BCUT2D eigenvalue weighted by Crippen LogP contribution is 2.63. The lowest BCUT2D eigenvalue weighted by Gasteiger charge is -2.49. The van der Waals surface area contributed by atoms with Crippen LogP contribution in [0.5, 0.6) is 0 Å². The van der Waals surface area contributed by atoms with Crippen LogP contribution in [0.2, 0.25) is 0 Å². The topological polar surface area (TPSA) is 0 Å². The summed E-state index contributed by atoms with van der Waals surface area (Å²) in [5, 5.41) is 0. The van der Waals surface area contributed by atoms with Gasteiger partial charge in [-0.2, -0.15) is 0 Å². The molecule has 0 nitrogen and oxygen atoms in total. The van der Waals surface area contributed by atoms with E-state index >= 15 is 0 Å². The van der Waals surface area contributed by atoms with Gasteiger partial charge in [0.2, 0.25) is 0 Å². The molecule has 0 spiro atoms. The van der Waals surface area contributed by atoms with Crippen molar-refractivity contribution in [3.05, 3.63) is 165 Å². The van der Waals surface area contributed by atoms with E-state index in [1.165, 1.54) is 61.2 Å². The molecule has 0 N–H and O–H groups in total. The van der Waals surface area contributed by atoms with E-state index in [1.54, 1.807) is 5.56 Å². The smallest absolute Gasteiger partial charge is 0.0352 e. The first-order valence-corrected chi connectivity index (χ1v) is 11.6. The molecule has 150 valence electrons. The molecule has 2 atom stereocenters. The summed E-state index contributed by atoms with van der Waals surface area (Å²) in [5.41, 5.74) is 17.2. The van der Waals surface area contributed by atoms with Gasteiger partial charge in [-0.25, -0.2) is 0 Å². The van der Waals surface area contributed by atoms with Crippen molar-refractivity contribution < 1.29 is 0 Å². The molecule has 4 aromatic rings. The predicted molar refractivity (Wildman–Crippen MR) is 130 cm³/mol. The van der Waals surface area contributed by atoms with Gasteiger partial charge >= 0.3 is 0 Å². The number of rotatable bonds is 0. The molecule has 32 heavy (non-hydrogen) atoms. The number of hydrogen-bond donors (Lipinski definition) is 0. The SMILES string of the molecule is C=C1C(=C)[C@H]2c3ccccc3[C@@H]1c1ccc3c(c12)C1c2ccccc2C3c2ccccc21. The molecule has 0 heteroatoms. The summed E-state index contributed by atoms with van der Waals surface area (Å²) in [6, 6.07) is 32.0. The minimum atomic E-state index is 0.215. The molecule has 0 saturated carbocycles. The maximum atomic E-state index is 4.58. The molecule has 0 fully saturated rings. The summed E-state index contributed by atoms with van der Waals surface area (Å²) in [4.78, 5) is 0. The third kappa shape index (κ3) is 1.75. The highest BCUT2D eigenvalue weighted by atomic mass is 14.5. The van der Waals surface area contributed by atoms with Gasteiger partial charge in [-0.3, -0.25) is 0 Å². The van der Waals surface area contributed by atoms with Crippen LogP contribution in [0.1, 0.15) is 79.3 Å². The van der Waals surface area contributed by atoms with E-state index in [2.05, 4.69) is 98.1 Å². The number of hydrogen-bond acceptors (Lipinski definition) is 0. The van der Waals surface area contributed by atoms with Crippen molar-refractivity contribution in [3.63, 3.8) is 0 Å². The fourth-order valence-electron chi connectivity index (χ4n) is 7.34. The molecule has 0 amide bonds. The van der Waals surface area contributed by atoms with Gasteiger partial charge in [0.05, 0.1) is 0 Å². The van der Waals surface area contributed by atoms with Crippen molar-refractivity contribution in [2.45, 2.75) is 23.7 Å². The second-order valence-corrected chi connectivity index (χ2v) is 9.74. The molecule has 0 aromatic heterocycles. The Bertz CT molecular complexity index is 1480. The van der Waals surface area contributed by atoms with Crippen LogP contribution in [-0.4, -0.2) is 0 Å². The maximum absolute atomic E-state index is 4.58. The molecule has 4 bridgehead atoms. The molecule has 0 aliphatic heterocycles. The van der Waals surface area contributed by atoms with E-state index in [1.807, 2.05) is 0 Å². The van der Waals surface area contributed by atoms with Gasteiger partial charge in [0, 0.05) is 23.7 Å². The Hall–Kier alpha value is -3.64. The van der Waals surface area contributed by atoms with Crippen molar-refractivity contribution >= 4 is 0 Å². The first kappa shape index (κ1) is 17.0. The van der Waals surface area contributed by atoms with Crippen molar-refractivity contribution in [1.82, 2.24) is 0 Å². The predicted octanol–water partition coefficient (Wildman–Crippen LogP) is 7.38. The van der Waals surface area contributed by atoms with Gasteiger partial charge in [-0.1, -0.05) is 98.1 Å². The zero-order valence-electron chi connectivity index (χ0n) is 17.8. The number of allylic oxidation sites excluding steroid dienone is 2. The summed E-state index contributed by atoms with van der Waals surface area (Å²) in [6.45, 7) is 9.08. The zero-order valence-corrected chi connectivity index (χ0v) is 17.8. The van der Waals surface area contributed by atoms with Crippen LogP contribution >= 0.6 is 0 Å². The van der Waals surface area contributed by atoms with Crippen LogP contribution in [0.25, 0.3) is 0 Å². The van der Waals surface area contributed by atoms with Gasteiger partial charge in [-0.05, 0) is 66.8 Å². The fraction of sp³-hybridized carbons (Fsp3) is 0.125. The molecular formula is C32H22.